The molecule has 0 aromatic heterocycles. The average molecular weight is 202 g/mol. The predicted molar refractivity (Wildman–Crippen MR) is 43.6 cm³/mol. The summed E-state index contributed by atoms with van der Waals surface area (Å²) in [6.45, 7) is 5.79. The van der Waals surface area contributed by atoms with Gasteiger partial charge in [-0.15, -0.1) is 0 Å². The smallest absolute Gasteiger partial charge is 0.0402 e. The standard InChI is InChI=1S/3C2H6O.H2N.Ti/c3*1-2-3;;/h3*3H,2H2,1H3;1H2;/q;;;-1;. The summed E-state index contributed by atoms with van der Waals surface area (Å²) in [6, 6.07) is 0. The van der Waals surface area contributed by atoms with Gasteiger partial charge in [-0.3, -0.25) is 0 Å². The fraction of sp³-hybridized carbons (Fsp3) is 1.00. The molecule has 0 aliphatic rings. The molecule has 11 heavy (non-hydrogen) atoms. The van der Waals surface area contributed by atoms with Crippen molar-refractivity contribution in [2.45, 2.75) is 20.8 Å². The van der Waals surface area contributed by atoms with Crippen molar-refractivity contribution in [3.8, 4) is 0 Å². The van der Waals surface area contributed by atoms with E-state index in [1.807, 2.05) is 0 Å². The van der Waals surface area contributed by atoms with Crippen LogP contribution >= 0.6 is 0 Å². The van der Waals surface area contributed by atoms with Gasteiger partial charge >= 0.3 is 0 Å². The number of rotatable bonds is 0. The summed E-state index contributed by atoms with van der Waals surface area (Å²) >= 11 is 0. The van der Waals surface area contributed by atoms with Gasteiger partial charge in [0.25, 0.3) is 0 Å². The van der Waals surface area contributed by atoms with Crippen LogP contribution < -0.4 is 0 Å². The van der Waals surface area contributed by atoms with E-state index < -0.39 is 0 Å². The molecule has 0 saturated heterocycles. The Hall–Kier alpha value is 0.554. The van der Waals surface area contributed by atoms with Crippen molar-refractivity contribution in [3.05, 3.63) is 6.15 Å². The number of aliphatic hydroxyl groups excluding tert-OH is 3. The van der Waals surface area contributed by atoms with Crippen LogP contribution in [0.15, 0.2) is 0 Å². The van der Waals surface area contributed by atoms with Crippen LogP contribution in [0.3, 0.4) is 0 Å². The summed E-state index contributed by atoms with van der Waals surface area (Å²) in [5, 5.41) is 22.7. The summed E-state index contributed by atoms with van der Waals surface area (Å²) in [5.74, 6) is 0. The topological polar surface area (TPSA) is 94.2 Å². The monoisotopic (exact) mass is 202 g/mol. The third kappa shape index (κ3) is 2510. The van der Waals surface area contributed by atoms with Gasteiger partial charge in [0.2, 0.25) is 0 Å². The molecular formula is C6H20NO3Ti-. The van der Waals surface area contributed by atoms with Gasteiger partial charge in [-0.05, 0) is 20.8 Å². The zero-order valence-corrected chi connectivity index (χ0v) is 9.10. The molecule has 4 nitrogen and oxygen atoms in total. The molecule has 0 atom stereocenters. The molecule has 0 fully saturated rings. The fourth-order valence-corrected chi connectivity index (χ4v) is 0. The summed E-state index contributed by atoms with van der Waals surface area (Å²) < 4.78 is 0. The second-order valence-electron chi connectivity index (χ2n) is 0.949. The Labute approximate surface area is 84.1 Å². The Kier molecular flexibility index (Phi) is 208. The van der Waals surface area contributed by atoms with E-state index in [4.69, 9.17) is 15.3 Å². The van der Waals surface area contributed by atoms with E-state index in [0.717, 1.165) is 0 Å². The molecule has 0 heterocycles. The Morgan fingerprint density at radius 1 is 0.727 bits per heavy atom. The average Bonchev–Trinajstić information content (AvgIpc) is 1.70. The van der Waals surface area contributed by atoms with Crippen molar-refractivity contribution in [1.29, 1.82) is 0 Å². The van der Waals surface area contributed by atoms with E-state index in [9.17, 15) is 0 Å². The first kappa shape index (κ1) is 30.0. The fourth-order valence-electron chi connectivity index (χ4n) is 0. The Bertz CT molecular complexity index is 22.5. The molecule has 0 aliphatic carbocycles. The number of nitrogens with two attached hydrogens (primary N) is 1. The largest absolute Gasteiger partial charge is 0.693 e. The predicted octanol–water partition coefficient (Wildman–Crippen LogP) is 0.710. The van der Waals surface area contributed by atoms with E-state index in [2.05, 4.69) is 0 Å². The van der Waals surface area contributed by atoms with Crippen LogP contribution in [0.25, 0.3) is 6.15 Å². The zero-order chi connectivity index (χ0) is 8.12. The maximum absolute atomic E-state index is 7.57. The summed E-state index contributed by atoms with van der Waals surface area (Å²) in [7, 11) is 0. The van der Waals surface area contributed by atoms with E-state index in [-0.39, 0.29) is 47.7 Å². The normalized spacial score (nSPS) is 4.91. The number of hydrogen-bond donors (Lipinski definition) is 3. The molecular weight excluding hydrogens is 182 g/mol. The van der Waals surface area contributed by atoms with E-state index in [1.165, 1.54) is 0 Å². The van der Waals surface area contributed by atoms with Crippen LogP contribution in [0, 0.1) is 0 Å². The molecule has 5 heteroatoms. The molecule has 0 amide bonds. The van der Waals surface area contributed by atoms with Crippen molar-refractivity contribution in [3.63, 3.8) is 0 Å². The quantitative estimate of drug-likeness (QED) is 0.505. The first-order valence-corrected chi connectivity index (χ1v) is 3.07. The van der Waals surface area contributed by atoms with E-state index in [1.54, 1.807) is 20.8 Å². The molecule has 0 aromatic rings. The van der Waals surface area contributed by atoms with Crippen LogP contribution in [0.2, 0.25) is 0 Å². The Morgan fingerprint density at radius 3 is 0.727 bits per heavy atom. The van der Waals surface area contributed by atoms with E-state index in [0.29, 0.717) is 0 Å². The van der Waals surface area contributed by atoms with Gasteiger partial charge in [0.15, 0.2) is 0 Å². The summed E-state index contributed by atoms with van der Waals surface area (Å²) in [5.41, 5.74) is 0. The molecule has 0 spiro atoms. The van der Waals surface area contributed by atoms with Crippen LogP contribution in [0.5, 0.6) is 0 Å². The van der Waals surface area contributed by atoms with Gasteiger partial charge in [-0.2, -0.15) is 0 Å². The van der Waals surface area contributed by atoms with Crippen molar-refractivity contribution in [1.82, 2.24) is 0 Å². The first-order chi connectivity index (χ1) is 4.24. The first-order valence-electron chi connectivity index (χ1n) is 3.07. The Balaban J connectivity index is -0.0000000150. The van der Waals surface area contributed by atoms with Gasteiger partial charge in [-0.25, -0.2) is 0 Å². The van der Waals surface area contributed by atoms with Gasteiger partial charge in [-0.1, -0.05) is 0 Å². The van der Waals surface area contributed by atoms with Crippen molar-refractivity contribution in [2.24, 2.45) is 0 Å². The minimum atomic E-state index is 0. The van der Waals surface area contributed by atoms with Gasteiger partial charge in [0.05, 0.1) is 0 Å². The SMILES string of the molecule is CCO.CCO.CCO.[NH2-].[Ti]. The molecule has 0 rings (SSSR count). The minimum absolute atomic E-state index is 0. The molecule has 72 valence electrons. The molecule has 0 aliphatic heterocycles. The third-order valence-electron chi connectivity index (χ3n) is 0. The molecule has 0 aromatic carbocycles. The molecule has 0 saturated carbocycles. The Morgan fingerprint density at radius 2 is 0.727 bits per heavy atom. The van der Waals surface area contributed by atoms with Crippen molar-refractivity contribution < 1.29 is 37.0 Å². The minimum Gasteiger partial charge on any atom is -0.693 e. The van der Waals surface area contributed by atoms with Crippen LogP contribution in [0.1, 0.15) is 20.8 Å². The second kappa shape index (κ2) is 76.3. The summed E-state index contributed by atoms with van der Waals surface area (Å²) in [6.07, 6.45) is 0. The maximum Gasteiger partial charge on any atom is 0.0402 e. The van der Waals surface area contributed by atoms with Gasteiger partial charge in [0, 0.05) is 41.5 Å². The van der Waals surface area contributed by atoms with Crippen LogP contribution in [-0.2, 0) is 21.7 Å². The van der Waals surface area contributed by atoms with Crippen molar-refractivity contribution >= 4 is 0 Å². The van der Waals surface area contributed by atoms with E-state index >= 15 is 0 Å². The molecule has 0 radical (unpaired) electrons. The third-order valence-corrected chi connectivity index (χ3v) is 0. The van der Waals surface area contributed by atoms with Crippen LogP contribution in [0.4, 0.5) is 0 Å². The summed E-state index contributed by atoms with van der Waals surface area (Å²) in [4.78, 5) is 0. The zero-order valence-electron chi connectivity index (χ0n) is 7.54. The number of hydrogen-bond acceptors (Lipinski definition) is 3. The van der Waals surface area contributed by atoms with Crippen molar-refractivity contribution in [2.75, 3.05) is 19.8 Å². The van der Waals surface area contributed by atoms with Gasteiger partial charge < -0.3 is 21.5 Å². The molecule has 0 unspecified atom stereocenters. The second-order valence-corrected chi connectivity index (χ2v) is 0.949. The maximum atomic E-state index is 7.57. The molecule has 0 bridgehead atoms. The molecule has 5 N–H and O–H groups in total. The number of aliphatic hydroxyl groups is 3. The van der Waals surface area contributed by atoms with Crippen LogP contribution in [-0.4, -0.2) is 35.1 Å². The van der Waals surface area contributed by atoms with Gasteiger partial charge in [0.1, 0.15) is 0 Å².